The van der Waals surface area contributed by atoms with E-state index in [1.165, 1.54) is 18.6 Å². The number of hydrogen-bond donors (Lipinski definition) is 0. The molecule has 0 spiro atoms. The second kappa shape index (κ2) is 7.22. The highest BCUT2D eigenvalue weighted by Gasteiger charge is 2.37. The molecule has 2 aromatic rings. The minimum absolute atomic E-state index is 0.121. The Kier molecular flexibility index (Phi) is 4.81. The van der Waals surface area contributed by atoms with Crippen LogP contribution in [0.3, 0.4) is 0 Å². The van der Waals surface area contributed by atoms with Crippen LogP contribution in [0.2, 0.25) is 0 Å². The van der Waals surface area contributed by atoms with Gasteiger partial charge in [0.15, 0.2) is 0 Å². The van der Waals surface area contributed by atoms with Gasteiger partial charge in [-0.1, -0.05) is 12.1 Å². The Balaban J connectivity index is 1.44. The van der Waals surface area contributed by atoms with E-state index in [0.717, 1.165) is 43.9 Å². The molecule has 4 heterocycles. The number of carbonyl (C=O) groups excluding carboxylic acids is 1. The number of benzene rings is 1. The Labute approximate surface area is 151 Å². The number of piperidine rings is 1. The molecule has 1 amide bonds. The van der Waals surface area contributed by atoms with E-state index in [1.54, 1.807) is 17.4 Å². The van der Waals surface area contributed by atoms with Gasteiger partial charge >= 0.3 is 0 Å². The first-order chi connectivity index (χ1) is 12.2. The van der Waals surface area contributed by atoms with E-state index >= 15 is 0 Å². The van der Waals surface area contributed by atoms with Crippen molar-refractivity contribution in [3.63, 3.8) is 0 Å². The van der Waals surface area contributed by atoms with Gasteiger partial charge in [0.1, 0.15) is 5.82 Å². The van der Waals surface area contributed by atoms with Crippen LogP contribution < -0.4 is 0 Å². The van der Waals surface area contributed by atoms with Crippen LogP contribution in [0.1, 0.15) is 24.1 Å². The zero-order chi connectivity index (χ0) is 17.2. The van der Waals surface area contributed by atoms with E-state index in [0.29, 0.717) is 5.92 Å². The zero-order valence-electron chi connectivity index (χ0n) is 14.1. The van der Waals surface area contributed by atoms with E-state index in [2.05, 4.69) is 15.3 Å². The monoisotopic (exact) mass is 359 g/mol. The standard InChI is InChI=1S/C19H22FN3OS/c20-16-3-1-2-14(6-16)7-19(24)23-9-15-4-5-18(23)11-22(8-15)10-17-12-25-13-21-17/h1-3,6,12-13,15,18H,4-5,7-11H2/t15-,18+/m0/s1. The fraction of sp³-hybridized carbons (Fsp3) is 0.474. The van der Waals surface area contributed by atoms with Gasteiger partial charge in [0, 0.05) is 37.6 Å². The summed E-state index contributed by atoms with van der Waals surface area (Å²) in [5.74, 6) is 0.363. The average molecular weight is 359 g/mol. The van der Waals surface area contributed by atoms with Crippen molar-refractivity contribution in [2.45, 2.75) is 31.8 Å². The molecule has 3 aliphatic heterocycles. The summed E-state index contributed by atoms with van der Waals surface area (Å²) in [5.41, 5.74) is 3.74. The number of amides is 1. The van der Waals surface area contributed by atoms with Crippen LogP contribution in [0.15, 0.2) is 35.2 Å². The molecule has 132 valence electrons. The van der Waals surface area contributed by atoms with Crippen molar-refractivity contribution in [1.29, 1.82) is 0 Å². The van der Waals surface area contributed by atoms with Crippen molar-refractivity contribution in [3.05, 3.63) is 52.2 Å². The number of hydrogen-bond acceptors (Lipinski definition) is 4. The van der Waals surface area contributed by atoms with Gasteiger partial charge in [-0.25, -0.2) is 9.37 Å². The number of nitrogens with zero attached hydrogens (tertiary/aromatic N) is 3. The van der Waals surface area contributed by atoms with Crippen molar-refractivity contribution < 1.29 is 9.18 Å². The highest BCUT2D eigenvalue weighted by Crippen LogP contribution is 2.29. The van der Waals surface area contributed by atoms with Gasteiger partial charge in [-0.05, 0) is 36.5 Å². The lowest BCUT2D eigenvalue weighted by Crippen LogP contribution is -2.48. The lowest BCUT2D eigenvalue weighted by molar-refractivity contribution is -0.134. The fourth-order valence-electron chi connectivity index (χ4n) is 4.08. The van der Waals surface area contributed by atoms with E-state index in [1.807, 2.05) is 16.5 Å². The summed E-state index contributed by atoms with van der Waals surface area (Å²) < 4.78 is 13.4. The summed E-state index contributed by atoms with van der Waals surface area (Å²) in [5, 5.41) is 2.10. The SMILES string of the molecule is O=C(Cc1cccc(F)c1)N1C[C@H]2CC[C@@H]1CN(Cc1cscn1)C2. The van der Waals surface area contributed by atoms with Crippen LogP contribution in [0.5, 0.6) is 0 Å². The van der Waals surface area contributed by atoms with Gasteiger partial charge in [0.05, 0.1) is 17.6 Å². The summed E-state index contributed by atoms with van der Waals surface area (Å²) in [7, 11) is 0. The molecule has 4 nitrogen and oxygen atoms in total. The van der Waals surface area contributed by atoms with Gasteiger partial charge in [-0.2, -0.15) is 0 Å². The molecule has 3 saturated heterocycles. The van der Waals surface area contributed by atoms with Crippen LogP contribution >= 0.6 is 11.3 Å². The van der Waals surface area contributed by atoms with Crippen LogP contribution in [-0.2, 0) is 17.8 Å². The normalized spacial score (nSPS) is 23.6. The third-order valence-electron chi connectivity index (χ3n) is 5.22. The number of thiazole rings is 1. The van der Waals surface area contributed by atoms with Crippen LogP contribution in [-0.4, -0.2) is 46.4 Å². The summed E-state index contributed by atoms with van der Waals surface area (Å²) >= 11 is 1.63. The van der Waals surface area contributed by atoms with E-state index in [9.17, 15) is 9.18 Å². The molecule has 1 aromatic heterocycles. The molecule has 5 rings (SSSR count). The Morgan fingerprint density at radius 3 is 3.00 bits per heavy atom. The third-order valence-corrected chi connectivity index (χ3v) is 5.86. The number of carbonyl (C=O) groups is 1. The Bertz CT molecular complexity index is 736. The molecule has 2 atom stereocenters. The smallest absolute Gasteiger partial charge is 0.227 e. The summed E-state index contributed by atoms with van der Waals surface area (Å²) in [6.45, 7) is 3.62. The maximum atomic E-state index is 13.4. The summed E-state index contributed by atoms with van der Waals surface area (Å²) in [4.78, 5) is 21.7. The average Bonchev–Trinajstić information content (AvgIpc) is 2.94. The largest absolute Gasteiger partial charge is 0.338 e. The quantitative estimate of drug-likeness (QED) is 0.842. The highest BCUT2D eigenvalue weighted by atomic mass is 32.1. The van der Waals surface area contributed by atoms with Crippen molar-refractivity contribution in [2.24, 2.45) is 5.92 Å². The molecule has 0 aliphatic carbocycles. The molecule has 0 unspecified atom stereocenters. The second-order valence-electron chi connectivity index (χ2n) is 7.12. The van der Waals surface area contributed by atoms with Gasteiger partial charge in [-0.3, -0.25) is 9.69 Å². The number of aromatic nitrogens is 1. The molecule has 2 bridgehead atoms. The number of rotatable bonds is 4. The van der Waals surface area contributed by atoms with Crippen molar-refractivity contribution in [3.8, 4) is 0 Å². The molecular formula is C19H22FN3OS. The number of halogens is 1. The van der Waals surface area contributed by atoms with E-state index in [-0.39, 0.29) is 24.2 Å². The number of fused-ring (bicyclic) bond motifs is 4. The van der Waals surface area contributed by atoms with Crippen molar-refractivity contribution >= 4 is 17.2 Å². The van der Waals surface area contributed by atoms with Crippen molar-refractivity contribution in [1.82, 2.24) is 14.8 Å². The Morgan fingerprint density at radius 1 is 1.28 bits per heavy atom. The predicted octanol–water partition coefficient (Wildman–Crippen LogP) is 2.95. The highest BCUT2D eigenvalue weighted by molar-refractivity contribution is 7.07. The minimum Gasteiger partial charge on any atom is -0.338 e. The Morgan fingerprint density at radius 2 is 2.20 bits per heavy atom. The van der Waals surface area contributed by atoms with E-state index < -0.39 is 0 Å². The molecule has 3 aliphatic rings. The van der Waals surface area contributed by atoms with Gasteiger partial charge in [-0.15, -0.1) is 11.3 Å². The molecular weight excluding hydrogens is 337 g/mol. The zero-order valence-corrected chi connectivity index (χ0v) is 14.9. The van der Waals surface area contributed by atoms with Crippen molar-refractivity contribution in [2.75, 3.05) is 19.6 Å². The summed E-state index contributed by atoms with van der Waals surface area (Å²) in [6, 6.07) is 6.63. The lowest BCUT2D eigenvalue weighted by atomic mass is 9.94. The minimum atomic E-state index is -0.280. The molecule has 1 aromatic carbocycles. The predicted molar refractivity (Wildman–Crippen MR) is 95.7 cm³/mol. The third kappa shape index (κ3) is 3.90. The molecule has 25 heavy (non-hydrogen) atoms. The first kappa shape index (κ1) is 16.7. The lowest BCUT2D eigenvalue weighted by Gasteiger charge is -2.36. The van der Waals surface area contributed by atoms with Crippen LogP contribution in [0.25, 0.3) is 0 Å². The topological polar surface area (TPSA) is 36.4 Å². The summed E-state index contributed by atoms with van der Waals surface area (Å²) in [6.07, 6.45) is 2.53. The fourth-order valence-corrected chi connectivity index (χ4v) is 4.63. The van der Waals surface area contributed by atoms with Crippen LogP contribution in [0.4, 0.5) is 4.39 Å². The molecule has 0 radical (unpaired) electrons. The molecule has 0 N–H and O–H groups in total. The maximum absolute atomic E-state index is 13.4. The van der Waals surface area contributed by atoms with Gasteiger partial charge in [0.2, 0.25) is 5.91 Å². The molecule has 6 heteroatoms. The molecule has 3 fully saturated rings. The van der Waals surface area contributed by atoms with Crippen LogP contribution in [0, 0.1) is 11.7 Å². The Hall–Kier alpha value is -1.79. The molecule has 0 saturated carbocycles. The second-order valence-corrected chi connectivity index (χ2v) is 7.84. The van der Waals surface area contributed by atoms with Gasteiger partial charge in [0.25, 0.3) is 0 Å². The maximum Gasteiger partial charge on any atom is 0.227 e. The first-order valence-electron chi connectivity index (χ1n) is 8.80. The van der Waals surface area contributed by atoms with Gasteiger partial charge < -0.3 is 4.90 Å². The first-order valence-corrected chi connectivity index (χ1v) is 9.75. The van der Waals surface area contributed by atoms with E-state index in [4.69, 9.17) is 0 Å².